The lowest BCUT2D eigenvalue weighted by atomic mass is 10.2. The van der Waals surface area contributed by atoms with Crippen molar-refractivity contribution in [3.05, 3.63) is 18.7 Å². The molecule has 0 saturated carbocycles. The number of imidazole rings is 1. The summed E-state index contributed by atoms with van der Waals surface area (Å²) in [7, 11) is 0. The van der Waals surface area contributed by atoms with Crippen LogP contribution >= 0.6 is 0 Å². The average Bonchev–Trinajstić information content (AvgIpc) is 2.82. The number of rotatable bonds is 1. The molecular formula is C11H14N4O3. The van der Waals surface area contributed by atoms with Crippen LogP contribution in [0, 0.1) is 0 Å². The van der Waals surface area contributed by atoms with Crippen LogP contribution in [0.3, 0.4) is 0 Å². The van der Waals surface area contributed by atoms with Crippen molar-refractivity contribution in [1.29, 1.82) is 0 Å². The van der Waals surface area contributed by atoms with Gasteiger partial charge in [-0.05, 0) is 20.8 Å². The minimum absolute atomic E-state index is 0.331. The number of nitrogens with zero attached hydrogens (tertiary/aromatic N) is 3. The van der Waals surface area contributed by atoms with Crippen molar-refractivity contribution in [2.24, 2.45) is 0 Å². The van der Waals surface area contributed by atoms with Crippen LogP contribution in [0.5, 0.6) is 0 Å². The molecule has 96 valence electrons. The van der Waals surface area contributed by atoms with Gasteiger partial charge in [-0.25, -0.2) is 14.3 Å². The fourth-order valence-electron chi connectivity index (χ4n) is 1.30. The normalized spacial score (nSPS) is 11.5. The van der Waals surface area contributed by atoms with Gasteiger partial charge in [-0.15, -0.1) is 0 Å². The lowest BCUT2D eigenvalue weighted by Crippen LogP contribution is -2.26. The maximum absolute atomic E-state index is 11.8. The number of ether oxygens (including phenoxy) is 1. The highest BCUT2D eigenvalue weighted by atomic mass is 16.6. The van der Waals surface area contributed by atoms with Gasteiger partial charge < -0.3 is 15.0 Å². The first-order chi connectivity index (χ1) is 8.37. The number of aromatic nitrogens is 3. The third-order valence-electron chi connectivity index (χ3n) is 2.02. The van der Waals surface area contributed by atoms with Crippen molar-refractivity contribution in [1.82, 2.24) is 14.7 Å². The van der Waals surface area contributed by atoms with E-state index in [-0.39, 0.29) is 0 Å². The third kappa shape index (κ3) is 2.50. The van der Waals surface area contributed by atoms with Gasteiger partial charge in [0, 0.05) is 6.20 Å². The Kier molecular flexibility index (Phi) is 2.82. The monoisotopic (exact) mass is 250 g/mol. The Bertz CT molecular complexity index is 565. The van der Waals surface area contributed by atoms with E-state index in [1.54, 1.807) is 20.8 Å². The van der Waals surface area contributed by atoms with E-state index >= 15 is 0 Å². The molecule has 0 aliphatic rings. The smallest absolute Gasteiger partial charge is 0.419 e. The molecule has 0 unspecified atom stereocenters. The maximum atomic E-state index is 11.8. The first kappa shape index (κ1) is 12.2. The van der Waals surface area contributed by atoms with Crippen molar-refractivity contribution in [3.63, 3.8) is 0 Å². The minimum Gasteiger partial charge on any atom is -0.443 e. The molecule has 0 aliphatic heterocycles. The molecule has 2 N–H and O–H groups in total. The standard InChI is InChI=1S/C11H14N4O3/c1-11(2,3)17-10(16)15-5-8(13-6-15)9-7(12)4-14-18-9/h4-6H,12H2,1-3H3. The lowest BCUT2D eigenvalue weighted by molar-refractivity contribution is 0.0536. The van der Waals surface area contributed by atoms with Crippen LogP contribution in [0.4, 0.5) is 10.5 Å². The number of hydrogen-bond donors (Lipinski definition) is 1. The van der Waals surface area contributed by atoms with E-state index in [0.29, 0.717) is 17.1 Å². The van der Waals surface area contributed by atoms with Gasteiger partial charge >= 0.3 is 6.09 Å². The Balaban J connectivity index is 2.21. The van der Waals surface area contributed by atoms with Gasteiger partial charge in [0.1, 0.15) is 23.3 Å². The highest BCUT2D eigenvalue weighted by Crippen LogP contribution is 2.23. The molecule has 0 spiro atoms. The second-order valence-corrected chi connectivity index (χ2v) is 4.76. The average molecular weight is 250 g/mol. The van der Waals surface area contributed by atoms with E-state index < -0.39 is 11.7 Å². The molecule has 7 nitrogen and oxygen atoms in total. The third-order valence-corrected chi connectivity index (χ3v) is 2.02. The molecule has 0 bridgehead atoms. The number of hydrogen-bond acceptors (Lipinski definition) is 6. The van der Waals surface area contributed by atoms with Gasteiger partial charge in [0.15, 0.2) is 0 Å². The van der Waals surface area contributed by atoms with Crippen LogP contribution in [-0.4, -0.2) is 26.4 Å². The molecule has 0 radical (unpaired) electrons. The van der Waals surface area contributed by atoms with Gasteiger partial charge in [-0.3, -0.25) is 0 Å². The van der Waals surface area contributed by atoms with Crippen LogP contribution < -0.4 is 5.73 Å². The summed E-state index contributed by atoms with van der Waals surface area (Å²) in [4.78, 5) is 15.8. The van der Waals surface area contributed by atoms with E-state index in [4.69, 9.17) is 15.0 Å². The Labute approximate surface area is 104 Å². The lowest BCUT2D eigenvalue weighted by Gasteiger charge is -2.18. The Morgan fingerprint density at radius 1 is 1.50 bits per heavy atom. The predicted octanol–water partition coefficient (Wildman–Crippen LogP) is 1.90. The Morgan fingerprint density at radius 3 is 2.78 bits per heavy atom. The van der Waals surface area contributed by atoms with E-state index in [1.807, 2.05) is 0 Å². The van der Waals surface area contributed by atoms with E-state index in [1.165, 1.54) is 23.3 Å². The summed E-state index contributed by atoms with van der Waals surface area (Å²) >= 11 is 0. The largest absolute Gasteiger partial charge is 0.443 e. The summed E-state index contributed by atoms with van der Waals surface area (Å²) in [6.45, 7) is 5.37. The summed E-state index contributed by atoms with van der Waals surface area (Å²) in [6.07, 6.45) is 3.68. The van der Waals surface area contributed by atoms with E-state index in [2.05, 4.69) is 10.1 Å². The second kappa shape index (κ2) is 4.17. The molecule has 0 aromatic carbocycles. The van der Waals surface area contributed by atoms with Crippen molar-refractivity contribution in [2.45, 2.75) is 26.4 Å². The van der Waals surface area contributed by atoms with Crippen molar-refractivity contribution in [3.8, 4) is 11.5 Å². The molecule has 18 heavy (non-hydrogen) atoms. The number of nitrogens with two attached hydrogens (primary N) is 1. The molecule has 0 fully saturated rings. The fraction of sp³-hybridized carbons (Fsp3) is 0.364. The summed E-state index contributed by atoms with van der Waals surface area (Å²) in [5, 5.41) is 3.55. The number of carbonyl (C=O) groups is 1. The molecule has 7 heteroatoms. The maximum Gasteiger partial charge on any atom is 0.419 e. The van der Waals surface area contributed by atoms with Gasteiger partial charge in [-0.1, -0.05) is 5.16 Å². The highest BCUT2D eigenvalue weighted by molar-refractivity contribution is 5.74. The van der Waals surface area contributed by atoms with E-state index in [9.17, 15) is 4.79 Å². The first-order valence-electron chi connectivity index (χ1n) is 5.35. The van der Waals surface area contributed by atoms with Crippen molar-refractivity contribution in [2.75, 3.05) is 5.73 Å². The van der Waals surface area contributed by atoms with Crippen LogP contribution in [0.25, 0.3) is 11.5 Å². The number of anilines is 1. The topological polar surface area (TPSA) is 96.2 Å². The zero-order valence-electron chi connectivity index (χ0n) is 10.4. The zero-order valence-corrected chi connectivity index (χ0v) is 10.4. The minimum atomic E-state index is -0.563. The molecule has 0 amide bonds. The van der Waals surface area contributed by atoms with Crippen LogP contribution in [0.15, 0.2) is 23.2 Å². The van der Waals surface area contributed by atoms with Gasteiger partial charge in [-0.2, -0.15) is 0 Å². The molecule has 0 atom stereocenters. The molecule has 2 rings (SSSR count). The summed E-state index contributed by atoms with van der Waals surface area (Å²) in [5.74, 6) is 0.331. The second-order valence-electron chi connectivity index (χ2n) is 4.76. The SMILES string of the molecule is CC(C)(C)OC(=O)n1cnc(-c2oncc2N)c1. The van der Waals surface area contributed by atoms with E-state index in [0.717, 1.165) is 0 Å². The van der Waals surface area contributed by atoms with Crippen molar-refractivity contribution < 1.29 is 14.1 Å². The summed E-state index contributed by atoms with van der Waals surface area (Å²) < 4.78 is 11.4. The summed E-state index contributed by atoms with van der Waals surface area (Å²) in [6, 6.07) is 0. The number of nitrogen functional groups attached to an aromatic ring is 1. The van der Waals surface area contributed by atoms with Crippen LogP contribution in [0.2, 0.25) is 0 Å². The quantitative estimate of drug-likeness (QED) is 0.830. The van der Waals surface area contributed by atoms with Crippen LogP contribution in [-0.2, 0) is 4.74 Å². The van der Waals surface area contributed by atoms with Gasteiger partial charge in [0.25, 0.3) is 0 Å². The van der Waals surface area contributed by atoms with Gasteiger partial charge in [0.2, 0.25) is 5.76 Å². The first-order valence-corrected chi connectivity index (χ1v) is 5.35. The summed E-state index contributed by atoms with van der Waals surface area (Å²) in [5.41, 5.74) is 5.87. The molecule has 2 aromatic heterocycles. The molecule has 2 aromatic rings. The predicted molar refractivity (Wildman–Crippen MR) is 63.8 cm³/mol. The van der Waals surface area contributed by atoms with Gasteiger partial charge in [0.05, 0.1) is 6.20 Å². The van der Waals surface area contributed by atoms with Crippen LogP contribution in [0.1, 0.15) is 20.8 Å². The zero-order chi connectivity index (χ0) is 13.3. The molecular weight excluding hydrogens is 236 g/mol. The fourth-order valence-corrected chi connectivity index (χ4v) is 1.30. The molecule has 2 heterocycles. The Hall–Kier alpha value is -2.31. The highest BCUT2D eigenvalue weighted by Gasteiger charge is 2.19. The molecule has 0 aliphatic carbocycles. The van der Waals surface area contributed by atoms with Crippen molar-refractivity contribution >= 4 is 11.8 Å². The number of carbonyl (C=O) groups excluding carboxylic acids is 1. The molecule has 0 saturated heterocycles. The Morgan fingerprint density at radius 2 is 2.22 bits per heavy atom.